The Morgan fingerprint density at radius 2 is 1.37 bits per heavy atom. The van der Waals surface area contributed by atoms with Crippen LogP contribution in [-0.2, 0) is 9.53 Å². The van der Waals surface area contributed by atoms with Gasteiger partial charge in [0.05, 0.1) is 0 Å². The summed E-state index contributed by atoms with van der Waals surface area (Å²) in [6.45, 7) is 2.20. The second-order valence-corrected chi connectivity index (χ2v) is 6.05. The van der Waals surface area contributed by atoms with E-state index in [0.29, 0.717) is 6.61 Å². The van der Waals surface area contributed by atoms with Gasteiger partial charge in [-0.1, -0.05) is 60.7 Å². The molecule has 0 aromatic heterocycles. The maximum absolute atomic E-state index is 13.1. The first kappa shape index (κ1) is 18.8. The third kappa shape index (κ3) is 4.80. The third-order valence-corrected chi connectivity index (χ3v) is 4.23. The highest BCUT2D eigenvalue weighted by molar-refractivity contribution is 5.79. The van der Waals surface area contributed by atoms with Crippen molar-refractivity contribution < 1.29 is 18.7 Å². The van der Waals surface area contributed by atoms with Crippen molar-refractivity contribution in [3.05, 3.63) is 102 Å². The molecular formula is C23H21FO3. The second kappa shape index (κ2) is 9.10. The number of carbonyl (C=O) groups excluding carboxylic acids is 1. The Morgan fingerprint density at radius 1 is 0.852 bits per heavy atom. The molecule has 0 amide bonds. The Bertz CT molecular complexity index is 808. The van der Waals surface area contributed by atoms with Gasteiger partial charge in [-0.05, 0) is 42.3 Å². The molecule has 0 N–H and O–H groups in total. The molecule has 0 heterocycles. The maximum atomic E-state index is 13.1. The van der Waals surface area contributed by atoms with Crippen LogP contribution in [0.1, 0.15) is 24.0 Å². The van der Waals surface area contributed by atoms with Crippen LogP contribution in [0.15, 0.2) is 84.9 Å². The van der Waals surface area contributed by atoms with E-state index in [2.05, 4.69) is 0 Å². The van der Waals surface area contributed by atoms with Gasteiger partial charge in [0, 0.05) is 12.5 Å². The quantitative estimate of drug-likeness (QED) is 0.439. The number of esters is 1. The summed E-state index contributed by atoms with van der Waals surface area (Å²) >= 11 is 0. The Morgan fingerprint density at radius 3 is 1.85 bits per heavy atom. The van der Waals surface area contributed by atoms with Crippen molar-refractivity contribution >= 4 is 5.97 Å². The molecule has 27 heavy (non-hydrogen) atoms. The molecule has 4 heteroatoms. The molecule has 0 fully saturated rings. The number of hydrogen-bond donors (Lipinski definition) is 0. The molecule has 0 radical (unpaired) electrons. The monoisotopic (exact) mass is 364 g/mol. The predicted octanol–water partition coefficient (Wildman–Crippen LogP) is 4.97. The number of rotatable bonds is 7. The Kier molecular flexibility index (Phi) is 6.34. The summed E-state index contributed by atoms with van der Waals surface area (Å²) in [5.41, 5.74) is 1.91. The van der Waals surface area contributed by atoms with Gasteiger partial charge in [0.1, 0.15) is 11.6 Å². The van der Waals surface area contributed by atoms with Gasteiger partial charge >= 0.3 is 5.97 Å². The zero-order valence-corrected chi connectivity index (χ0v) is 15.0. The third-order valence-electron chi connectivity index (χ3n) is 4.23. The van der Waals surface area contributed by atoms with Crippen molar-refractivity contribution in [3.8, 4) is 5.75 Å². The lowest BCUT2D eigenvalue weighted by Crippen LogP contribution is -2.35. The number of carbonyl (C=O) groups is 1. The zero-order chi connectivity index (χ0) is 19.1. The largest absolute Gasteiger partial charge is 0.425 e. The van der Waals surface area contributed by atoms with E-state index in [9.17, 15) is 9.18 Å². The van der Waals surface area contributed by atoms with Gasteiger partial charge in [0.15, 0.2) is 6.10 Å². The highest BCUT2D eigenvalue weighted by Gasteiger charge is 2.33. The van der Waals surface area contributed by atoms with Crippen LogP contribution < -0.4 is 4.74 Å². The first-order valence-electron chi connectivity index (χ1n) is 8.87. The van der Waals surface area contributed by atoms with E-state index >= 15 is 0 Å². The van der Waals surface area contributed by atoms with E-state index in [0.717, 1.165) is 11.1 Å². The van der Waals surface area contributed by atoms with Gasteiger partial charge in [-0.3, -0.25) is 0 Å². The molecule has 3 nitrogen and oxygen atoms in total. The van der Waals surface area contributed by atoms with Gasteiger partial charge in [-0.25, -0.2) is 9.18 Å². The lowest BCUT2D eigenvalue weighted by atomic mass is 9.86. The summed E-state index contributed by atoms with van der Waals surface area (Å²) in [7, 11) is 0. The van der Waals surface area contributed by atoms with Crippen LogP contribution in [0.25, 0.3) is 0 Å². The topological polar surface area (TPSA) is 35.5 Å². The van der Waals surface area contributed by atoms with Crippen molar-refractivity contribution in [1.29, 1.82) is 0 Å². The first-order valence-corrected chi connectivity index (χ1v) is 8.87. The molecule has 0 saturated heterocycles. The van der Waals surface area contributed by atoms with Gasteiger partial charge in [0.25, 0.3) is 0 Å². The van der Waals surface area contributed by atoms with E-state index in [1.807, 2.05) is 67.6 Å². The van der Waals surface area contributed by atoms with E-state index in [1.165, 1.54) is 24.3 Å². The van der Waals surface area contributed by atoms with Gasteiger partial charge in [0.2, 0.25) is 0 Å². The van der Waals surface area contributed by atoms with Gasteiger partial charge in [-0.15, -0.1) is 0 Å². The van der Waals surface area contributed by atoms with Crippen LogP contribution in [-0.4, -0.2) is 18.7 Å². The molecule has 0 spiro atoms. The van der Waals surface area contributed by atoms with E-state index in [4.69, 9.17) is 9.47 Å². The summed E-state index contributed by atoms with van der Waals surface area (Å²) in [6.07, 6.45) is -0.829. The lowest BCUT2D eigenvalue weighted by molar-refractivity contribution is -0.148. The smallest absolute Gasteiger partial charge is 0.341 e. The second-order valence-electron chi connectivity index (χ2n) is 6.05. The summed E-state index contributed by atoms with van der Waals surface area (Å²) in [5, 5.41) is 0. The minimum atomic E-state index is -0.829. The van der Waals surface area contributed by atoms with E-state index < -0.39 is 12.1 Å². The molecule has 1 atom stereocenters. The Balaban J connectivity index is 1.95. The van der Waals surface area contributed by atoms with Crippen LogP contribution in [0.4, 0.5) is 4.39 Å². The average molecular weight is 364 g/mol. The van der Waals surface area contributed by atoms with E-state index in [-0.39, 0.29) is 17.5 Å². The molecule has 3 aromatic rings. The van der Waals surface area contributed by atoms with Crippen molar-refractivity contribution in [2.45, 2.75) is 18.9 Å². The van der Waals surface area contributed by atoms with Crippen molar-refractivity contribution in [2.75, 3.05) is 6.61 Å². The summed E-state index contributed by atoms with van der Waals surface area (Å²) in [4.78, 5) is 12.9. The molecule has 0 saturated carbocycles. The van der Waals surface area contributed by atoms with Gasteiger partial charge < -0.3 is 9.47 Å². The molecule has 138 valence electrons. The van der Waals surface area contributed by atoms with Crippen molar-refractivity contribution in [3.63, 3.8) is 0 Å². The fourth-order valence-electron chi connectivity index (χ4n) is 3.02. The minimum absolute atomic E-state index is 0.283. The maximum Gasteiger partial charge on any atom is 0.341 e. The molecule has 0 aliphatic heterocycles. The van der Waals surface area contributed by atoms with Gasteiger partial charge in [-0.2, -0.15) is 0 Å². The molecule has 0 bridgehead atoms. The van der Waals surface area contributed by atoms with Crippen LogP contribution in [0, 0.1) is 5.82 Å². The Labute approximate surface area is 158 Å². The minimum Gasteiger partial charge on any atom is -0.425 e. The zero-order valence-electron chi connectivity index (χ0n) is 15.0. The molecular weight excluding hydrogens is 343 g/mol. The molecule has 0 aliphatic rings. The normalized spacial score (nSPS) is 12.0. The molecule has 1 unspecified atom stereocenters. The van der Waals surface area contributed by atoms with E-state index in [1.54, 1.807) is 0 Å². The highest BCUT2D eigenvalue weighted by atomic mass is 19.1. The average Bonchev–Trinajstić information content (AvgIpc) is 2.71. The number of benzene rings is 3. The highest BCUT2D eigenvalue weighted by Crippen LogP contribution is 2.31. The number of halogens is 1. The van der Waals surface area contributed by atoms with Crippen molar-refractivity contribution in [1.82, 2.24) is 0 Å². The van der Waals surface area contributed by atoms with Crippen LogP contribution in [0.2, 0.25) is 0 Å². The lowest BCUT2D eigenvalue weighted by Gasteiger charge is -2.26. The molecule has 0 aliphatic carbocycles. The van der Waals surface area contributed by atoms with Crippen LogP contribution in [0.3, 0.4) is 0 Å². The summed E-state index contributed by atoms with van der Waals surface area (Å²) in [6, 6.07) is 24.8. The summed E-state index contributed by atoms with van der Waals surface area (Å²) < 4.78 is 24.4. The first-order chi connectivity index (χ1) is 13.2. The SMILES string of the molecule is CCOC(C(=O)Oc1ccc(F)cc1)C(c1ccccc1)c1ccccc1. The molecule has 3 aromatic carbocycles. The Hall–Kier alpha value is -2.98. The number of hydrogen-bond acceptors (Lipinski definition) is 3. The molecule has 3 rings (SSSR count). The summed E-state index contributed by atoms with van der Waals surface area (Å²) in [5.74, 6) is -0.935. The fraction of sp³-hybridized carbons (Fsp3) is 0.174. The van der Waals surface area contributed by atoms with Crippen LogP contribution >= 0.6 is 0 Å². The fourth-order valence-corrected chi connectivity index (χ4v) is 3.02. The van der Waals surface area contributed by atoms with Crippen molar-refractivity contribution in [2.24, 2.45) is 0 Å². The predicted molar refractivity (Wildman–Crippen MR) is 102 cm³/mol. The number of ether oxygens (including phenoxy) is 2. The van der Waals surface area contributed by atoms with Crippen LogP contribution in [0.5, 0.6) is 5.75 Å². The standard InChI is InChI=1S/C23H21FO3/c1-2-26-22(23(25)27-20-15-13-19(24)14-16-20)21(17-9-5-3-6-10-17)18-11-7-4-8-12-18/h3-16,21-22H,2H2,1H3.